The summed E-state index contributed by atoms with van der Waals surface area (Å²) in [7, 11) is 0. The molecule has 2 fully saturated rings. The number of benzene rings is 1. The predicted octanol–water partition coefficient (Wildman–Crippen LogP) is 1.97. The fourth-order valence-corrected chi connectivity index (χ4v) is 3.19. The van der Waals surface area contributed by atoms with E-state index in [-0.39, 0.29) is 30.3 Å². The van der Waals surface area contributed by atoms with E-state index in [4.69, 9.17) is 4.74 Å². The molecule has 0 spiro atoms. The van der Waals surface area contributed by atoms with Gasteiger partial charge in [-0.2, -0.15) is 0 Å². The summed E-state index contributed by atoms with van der Waals surface area (Å²) in [6.07, 6.45) is 2.64. The molecule has 0 bridgehead atoms. The van der Waals surface area contributed by atoms with Crippen molar-refractivity contribution >= 4 is 29.9 Å². The molecule has 2 saturated heterocycles. The van der Waals surface area contributed by atoms with Crippen LogP contribution in [0.4, 0.5) is 5.69 Å². The summed E-state index contributed by atoms with van der Waals surface area (Å²) < 4.78 is 5.29. The van der Waals surface area contributed by atoms with Crippen LogP contribution in [-0.2, 0) is 9.53 Å². The van der Waals surface area contributed by atoms with E-state index in [0.29, 0.717) is 38.3 Å². The average Bonchev–Trinajstić information content (AvgIpc) is 3.10. The molecule has 1 aromatic carbocycles. The van der Waals surface area contributed by atoms with Gasteiger partial charge in [0.15, 0.2) is 0 Å². The predicted molar refractivity (Wildman–Crippen MR) is 99.4 cm³/mol. The Morgan fingerprint density at radius 2 is 2.08 bits per heavy atom. The lowest BCUT2D eigenvalue weighted by Gasteiger charge is -2.27. The SMILES string of the molecule is Cc1ccc(C(=O)N2CCOCC2)cc1NC(=O)CC1CCCN1.Cl. The Labute approximate surface area is 154 Å². The van der Waals surface area contributed by atoms with E-state index < -0.39 is 0 Å². The van der Waals surface area contributed by atoms with Gasteiger partial charge in [-0.1, -0.05) is 6.07 Å². The Hall–Kier alpha value is -1.63. The first kappa shape index (κ1) is 19.7. The first-order valence-electron chi connectivity index (χ1n) is 8.64. The largest absolute Gasteiger partial charge is 0.378 e. The molecule has 25 heavy (non-hydrogen) atoms. The zero-order valence-electron chi connectivity index (χ0n) is 14.5. The second-order valence-corrected chi connectivity index (χ2v) is 6.48. The maximum Gasteiger partial charge on any atom is 0.254 e. The molecule has 0 radical (unpaired) electrons. The fraction of sp³-hybridized carbons (Fsp3) is 0.556. The number of carbonyl (C=O) groups excluding carboxylic acids is 2. The molecule has 2 aliphatic heterocycles. The number of nitrogens with zero attached hydrogens (tertiary/aromatic N) is 1. The molecule has 0 aromatic heterocycles. The molecule has 7 heteroatoms. The van der Waals surface area contributed by atoms with Crippen LogP contribution in [0.5, 0.6) is 0 Å². The Balaban J connectivity index is 0.00000225. The standard InChI is InChI=1S/C18H25N3O3.ClH/c1-13-4-5-14(18(23)21-7-9-24-10-8-21)11-16(13)20-17(22)12-15-3-2-6-19-15;/h4-5,11,15,19H,2-3,6-10,12H2,1H3,(H,20,22);1H. The van der Waals surface area contributed by atoms with Crippen LogP contribution in [0.1, 0.15) is 35.2 Å². The molecule has 138 valence electrons. The molecule has 2 amide bonds. The third-order valence-electron chi connectivity index (χ3n) is 4.65. The summed E-state index contributed by atoms with van der Waals surface area (Å²) in [6.45, 7) is 5.31. The summed E-state index contributed by atoms with van der Waals surface area (Å²) >= 11 is 0. The van der Waals surface area contributed by atoms with E-state index in [0.717, 1.165) is 30.6 Å². The van der Waals surface area contributed by atoms with Crippen LogP contribution >= 0.6 is 12.4 Å². The van der Waals surface area contributed by atoms with Crippen molar-refractivity contribution in [2.45, 2.75) is 32.2 Å². The van der Waals surface area contributed by atoms with Crippen molar-refractivity contribution in [3.63, 3.8) is 0 Å². The van der Waals surface area contributed by atoms with Gasteiger partial charge in [0.2, 0.25) is 5.91 Å². The van der Waals surface area contributed by atoms with Crippen LogP contribution in [0.3, 0.4) is 0 Å². The van der Waals surface area contributed by atoms with Gasteiger partial charge in [0.25, 0.3) is 5.91 Å². The number of halogens is 1. The topological polar surface area (TPSA) is 70.7 Å². The number of ether oxygens (including phenoxy) is 1. The lowest BCUT2D eigenvalue weighted by molar-refractivity contribution is -0.116. The Bertz CT molecular complexity index is 612. The highest BCUT2D eigenvalue weighted by molar-refractivity contribution is 5.98. The molecule has 2 heterocycles. The highest BCUT2D eigenvalue weighted by atomic mass is 35.5. The van der Waals surface area contributed by atoms with Gasteiger partial charge in [-0.3, -0.25) is 9.59 Å². The minimum absolute atomic E-state index is 0. The fourth-order valence-electron chi connectivity index (χ4n) is 3.19. The second kappa shape index (κ2) is 9.17. The van der Waals surface area contributed by atoms with Gasteiger partial charge >= 0.3 is 0 Å². The van der Waals surface area contributed by atoms with E-state index in [1.54, 1.807) is 11.0 Å². The average molecular weight is 368 g/mol. The van der Waals surface area contributed by atoms with Crippen LogP contribution in [0.2, 0.25) is 0 Å². The van der Waals surface area contributed by atoms with Gasteiger partial charge in [0.1, 0.15) is 0 Å². The number of nitrogens with one attached hydrogen (secondary N) is 2. The normalized spacial score (nSPS) is 20.0. The highest BCUT2D eigenvalue weighted by Crippen LogP contribution is 2.20. The van der Waals surface area contributed by atoms with Crippen molar-refractivity contribution in [2.24, 2.45) is 0 Å². The maximum absolute atomic E-state index is 12.6. The molecule has 2 N–H and O–H groups in total. The minimum atomic E-state index is -0.00809. The molecular weight excluding hydrogens is 342 g/mol. The zero-order chi connectivity index (χ0) is 16.9. The molecule has 0 aliphatic carbocycles. The number of hydrogen-bond acceptors (Lipinski definition) is 4. The maximum atomic E-state index is 12.6. The molecule has 1 atom stereocenters. The van der Waals surface area contributed by atoms with Crippen LogP contribution < -0.4 is 10.6 Å². The van der Waals surface area contributed by atoms with Crippen molar-refractivity contribution in [1.82, 2.24) is 10.2 Å². The molecular formula is C18H26ClN3O3. The summed E-state index contributed by atoms with van der Waals surface area (Å²) in [5.74, 6) is -0.0141. The number of carbonyl (C=O) groups is 2. The molecule has 3 rings (SSSR count). The van der Waals surface area contributed by atoms with Crippen LogP contribution in [0.15, 0.2) is 18.2 Å². The smallest absolute Gasteiger partial charge is 0.254 e. The number of anilines is 1. The molecule has 1 aromatic rings. The lowest BCUT2D eigenvalue weighted by atomic mass is 10.1. The Morgan fingerprint density at radius 1 is 1.32 bits per heavy atom. The Morgan fingerprint density at radius 3 is 2.76 bits per heavy atom. The van der Waals surface area contributed by atoms with E-state index in [2.05, 4.69) is 10.6 Å². The summed E-state index contributed by atoms with van der Waals surface area (Å²) in [6, 6.07) is 5.76. The van der Waals surface area contributed by atoms with Gasteiger partial charge in [-0.15, -0.1) is 12.4 Å². The minimum Gasteiger partial charge on any atom is -0.378 e. The Kier molecular flexibility index (Phi) is 7.23. The molecule has 2 aliphatic rings. The monoisotopic (exact) mass is 367 g/mol. The number of amides is 2. The second-order valence-electron chi connectivity index (χ2n) is 6.48. The van der Waals surface area contributed by atoms with Gasteiger partial charge in [-0.05, 0) is 44.0 Å². The molecule has 1 unspecified atom stereocenters. The van der Waals surface area contributed by atoms with E-state index in [1.165, 1.54) is 0 Å². The number of aryl methyl sites for hydroxylation is 1. The third-order valence-corrected chi connectivity index (χ3v) is 4.65. The van der Waals surface area contributed by atoms with Crippen molar-refractivity contribution in [2.75, 3.05) is 38.2 Å². The summed E-state index contributed by atoms with van der Waals surface area (Å²) in [5.41, 5.74) is 2.29. The third kappa shape index (κ3) is 5.17. The van der Waals surface area contributed by atoms with Crippen molar-refractivity contribution < 1.29 is 14.3 Å². The van der Waals surface area contributed by atoms with Crippen LogP contribution in [0, 0.1) is 6.92 Å². The van der Waals surface area contributed by atoms with E-state index in [9.17, 15) is 9.59 Å². The lowest BCUT2D eigenvalue weighted by Crippen LogP contribution is -2.40. The van der Waals surface area contributed by atoms with Gasteiger partial charge < -0.3 is 20.3 Å². The van der Waals surface area contributed by atoms with Gasteiger partial charge in [0, 0.05) is 36.8 Å². The quantitative estimate of drug-likeness (QED) is 0.853. The highest BCUT2D eigenvalue weighted by Gasteiger charge is 2.21. The van der Waals surface area contributed by atoms with Crippen molar-refractivity contribution in [3.8, 4) is 0 Å². The summed E-state index contributed by atoms with van der Waals surface area (Å²) in [5, 5.41) is 6.29. The van der Waals surface area contributed by atoms with Crippen LogP contribution in [0.25, 0.3) is 0 Å². The van der Waals surface area contributed by atoms with E-state index >= 15 is 0 Å². The number of hydrogen-bond donors (Lipinski definition) is 2. The van der Waals surface area contributed by atoms with Gasteiger partial charge in [-0.25, -0.2) is 0 Å². The first-order valence-corrected chi connectivity index (χ1v) is 8.64. The molecule has 6 nitrogen and oxygen atoms in total. The van der Waals surface area contributed by atoms with Crippen molar-refractivity contribution in [1.29, 1.82) is 0 Å². The summed E-state index contributed by atoms with van der Waals surface area (Å²) in [4.78, 5) is 26.6. The van der Waals surface area contributed by atoms with Gasteiger partial charge in [0.05, 0.1) is 13.2 Å². The van der Waals surface area contributed by atoms with Crippen LogP contribution in [-0.4, -0.2) is 55.6 Å². The van der Waals surface area contributed by atoms with E-state index in [1.807, 2.05) is 19.1 Å². The molecule has 0 saturated carbocycles. The zero-order valence-corrected chi connectivity index (χ0v) is 15.4. The first-order chi connectivity index (χ1) is 11.6. The number of rotatable bonds is 4. The number of morpholine rings is 1. The van der Waals surface area contributed by atoms with Crippen molar-refractivity contribution in [3.05, 3.63) is 29.3 Å².